The van der Waals surface area contributed by atoms with Gasteiger partial charge in [0.2, 0.25) is 0 Å². The van der Waals surface area contributed by atoms with Gasteiger partial charge in [0, 0.05) is 17.5 Å². The Morgan fingerprint density at radius 3 is 2.82 bits per heavy atom. The highest BCUT2D eigenvalue weighted by atomic mass is 16.5. The molecule has 3 N–H and O–H groups in total. The van der Waals surface area contributed by atoms with Gasteiger partial charge in [0.25, 0.3) is 0 Å². The summed E-state index contributed by atoms with van der Waals surface area (Å²) < 4.78 is 7.31. The van der Waals surface area contributed by atoms with Crippen LogP contribution in [0.25, 0.3) is 0 Å². The zero-order chi connectivity index (χ0) is 15.7. The number of aryl methyl sites for hydroxylation is 1. The van der Waals surface area contributed by atoms with Gasteiger partial charge in [-0.15, -0.1) is 0 Å². The van der Waals surface area contributed by atoms with E-state index in [9.17, 15) is 5.11 Å². The molecule has 1 aromatic carbocycles. The van der Waals surface area contributed by atoms with Gasteiger partial charge in [-0.25, -0.2) is 9.67 Å². The first-order valence-electron chi connectivity index (χ1n) is 7.55. The number of aromatic nitrogens is 3. The minimum Gasteiger partial charge on any atom is -0.496 e. The van der Waals surface area contributed by atoms with Crippen LogP contribution in [-0.4, -0.2) is 39.1 Å². The highest BCUT2D eigenvalue weighted by molar-refractivity contribution is 5.33. The topological polar surface area (TPSA) is 86.2 Å². The number of ether oxygens (including phenoxy) is 1. The molecule has 6 heteroatoms. The molecule has 2 aromatic rings. The third-order valence-corrected chi connectivity index (χ3v) is 4.26. The number of para-hydroxylation sites is 1. The molecule has 1 saturated carbocycles. The quantitative estimate of drug-likeness (QED) is 0.886. The Kier molecular flexibility index (Phi) is 4.13. The summed E-state index contributed by atoms with van der Waals surface area (Å²) in [5, 5.41) is 14.4. The van der Waals surface area contributed by atoms with Crippen LogP contribution < -0.4 is 10.5 Å². The number of nitrogens with two attached hydrogens (primary N) is 1. The van der Waals surface area contributed by atoms with E-state index in [0.717, 1.165) is 29.4 Å². The average Bonchev–Trinajstić information content (AvgIpc) is 3.03. The Bertz CT molecular complexity index is 645. The SMILES string of the molecule is COc1ccccc1Cn1nc(C)nc1[C@H]1C[C@@H](N)[C@H](O)C1. The fraction of sp³-hybridized carbons (Fsp3) is 0.500. The van der Waals surface area contributed by atoms with Crippen molar-refractivity contribution in [1.29, 1.82) is 0 Å². The van der Waals surface area contributed by atoms with E-state index < -0.39 is 6.10 Å². The Hall–Kier alpha value is -1.92. The smallest absolute Gasteiger partial charge is 0.147 e. The largest absolute Gasteiger partial charge is 0.496 e. The van der Waals surface area contributed by atoms with Gasteiger partial charge in [-0.2, -0.15) is 5.10 Å². The van der Waals surface area contributed by atoms with Gasteiger partial charge in [-0.1, -0.05) is 18.2 Å². The van der Waals surface area contributed by atoms with Gasteiger partial charge in [0.1, 0.15) is 17.4 Å². The van der Waals surface area contributed by atoms with E-state index in [-0.39, 0.29) is 12.0 Å². The van der Waals surface area contributed by atoms with Crippen LogP contribution in [0.4, 0.5) is 0 Å². The van der Waals surface area contributed by atoms with E-state index >= 15 is 0 Å². The maximum absolute atomic E-state index is 9.90. The van der Waals surface area contributed by atoms with Crippen molar-refractivity contribution in [2.75, 3.05) is 7.11 Å². The Morgan fingerprint density at radius 2 is 2.14 bits per heavy atom. The molecule has 0 saturated heterocycles. The Labute approximate surface area is 129 Å². The summed E-state index contributed by atoms with van der Waals surface area (Å²) in [4.78, 5) is 4.56. The van der Waals surface area contributed by atoms with E-state index in [1.54, 1.807) is 7.11 Å². The molecule has 1 aliphatic rings. The summed E-state index contributed by atoms with van der Waals surface area (Å²) in [7, 11) is 1.67. The summed E-state index contributed by atoms with van der Waals surface area (Å²) in [6.07, 6.45) is 0.929. The van der Waals surface area contributed by atoms with Gasteiger partial charge in [0.05, 0.1) is 19.8 Å². The van der Waals surface area contributed by atoms with Gasteiger partial charge in [0.15, 0.2) is 0 Å². The fourth-order valence-electron chi connectivity index (χ4n) is 3.14. The zero-order valence-corrected chi connectivity index (χ0v) is 12.9. The molecule has 0 amide bonds. The molecular formula is C16H22N4O2. The van der Waals surface area contributed by atoms with Crippen LogP contribution in [0.15, 0.2) is 24.3 Å². The standard InChI is InChI=1S/C16H22N4O2/c1-10-18-16(12-7-13(17)14(21)8-12)20(19-10)9-11-5-3-4-6-15(11)22-2/h3-6,12-14,21H,7-9,17H2,1-2H3/t12-,13+,14+/m0/s1. The molecule has 1 heterocycles. The van der Waals surface area contributed by atoms with Crippen LogP contribution in [0.3, 0.4) is 0 Å². The summed E-state index contributed by atoms with van der Waals surface area (Å²) in [5.74, 6) is 2.63. The Balaban J connectivity index is 1.89. The van der Waals surface area contributed by atoms with Crippen LogP contribution in [-0.2, 0) is 6.54 Å². The number of hydrogen-bond donors (Lipinski definition) is 2. The lowest BCUT2D eigenvalue weighted by molar-refractivity contribution is 0.163. The molecular weight excluding hydrogens is 280 g/mol. The number of nitrogens with zero attached hydrogens (tertiary/aromatic N) is 3. The van der Waals surface area contributed by atoms with Crippen LogP contribution >= 0.6 is 0 Å². The average molecular weight is 302 g/mol. The van der Waals surface area contributed by atoms with Gasteiger partial charge < -0.3 is 15.6 Å². The molecule has 118 valence electrons. The number of aliphatic hydroxyl groups excluding tert-OH is 1. The molecule has 0 bridgehead atoms. The predicted octanol–water partition coefficient (Wildman–Crippen LogP) is 1.21. The van der Waals surface area contributed by atoms with Crippen LogP contribution in [0.1, 0.15) is 36.0 Å². The summed E-state index contributed by atoms with van der Waals surface area (Å²) in [6.45, 7) is 2.48. The highest BCUT2D eigenvalue weighted by Crippen LogP contribution is 2.33. The van der Waals surface area contributed by atoms with Crippen molar-refractivity contribution in [1.82, 2.24) is 14.8 Å². The van der Waals surface area contributed by atoms with Crippen molar-refractivity contribution >= 4 is 0 Å². The fourth-order valence-corrected chi connectivity index (χ4v) is 3.14. The molecule has 1 fully saturated rings. The summed E-state index contributed by atoms with van der Waals surface area (Å²) in [5.41, 5.74) is 6.99. The van der Waals surface area contributed by atoms with Crippen LogP contribution in [0.2, 0.25) is 0 Å². The molecule has 0 aliphatic heterocycles. The second kappa shape index (κ2) is 6.06. The van der Waals surface area contributed by atoms with E-state index in [4.69, 9.17) is 10.5 Å². The lowest BCUT2D eigenvalue weighted by atomic mass is 10.1. The van der Waals surface area contributed by atoms with Crippen molar-refractivity contribution in [3.8, 4) is 5.75 Å². The van der Waals surface area contributed by atoms with Crippen molar-refractivity contribution in [2.24, 2.45) is 5.73 Å². The van der Waals surface area contributed by atoms with Gasteiger partial charge in [-0.05, 0) is 25.8 Å². The second-order valence-electron chi connectivity index (χ2n) is 5.89. The van der Waals surface area contributed by atoms with Gasteiger partial charge in [-0.3, -0.25) is 0 Å². The molecule has 1 aliphatic carbocycles. The minimum absolute atomic E-state index is 0.154. The predicted molar refractivity (Wildman–Crippen MR) is 82.8 cm³/mol. The van der Waals surface area contributed by atoms with Crippen molar-refractivity contribution in [3.05, 3.63) is 41.5 Å². The van der Waals surface area contributed by atoms with Gasteiger partial charge >= 0.3 is 0 Å². The highest BCUT2D eigenvalue weighted by Gasteiger charge is 2.34. The van der Waals surface area contributed by atoms with E-state index in [2.05, 4.69) is 10.1 Å². The van der Waals surface area contributed by atoms with E-state index in [1.807, 2.05) is 35.9 Å². The third kappa shape index (κ3) is 2.84. The maximum Gasteiger partial charge on any atom is 0.147 e. The van der Waals surface area contributed by atoms with Crippen molar-refractivity contribution in [3.63, 3.8) is 0 Å². The monoisotopic (exact) mass is 302 g/mol. The molecule has 0 radical (unpaired) electrons. The molecule has 3 atom stereocenters. The van der Waals surface area contributed by atoms with Crippen molar-refractivity contribution in [2.45, 2.75) is 44.4 Å². The number of hydrogen-bond acceptors (Lipinski definition) is 5. The third-order valence-electron chi connectivity index (χ3n) is 4.26. The molecule has 0 unspecified atom stereocenters. The molecule has 22 heavy (non-hydrogen) atoms. The van der Waals surface area contributed by atoms with Crippen molar-refractivity contribution < 1.29 is 9.84 Å². The van der Waals surface area contributed by atoms with E-state index in [1.165, 1.54) is 0 Å². The normalized spacial score (nSPS) is 24.6. The Morgan fingerprint density at radius 1 is 1.36 bits per heavy atom. The minimum atomic E-state index is -0.457. The molecule has 0 spiro atoms. The maximum atomic E-state index is 9.90. The lowest BCUT2D eigenvalue weighted by Gasteiger charge is -2.13. The van der Waals surface area contributed by atoms with Crippen LogP contribution in [0, 0.1) is 6.92 Å². The number of rotatable bonds is 4. The van der Waals surface area contributed by atoms with Crippen LogP contribution in [0.5, 0.6) is 5.75 Å². The zero-order valence-electron chi connectivity index (χ0n) is 12.9. The first-order valence-corrected chi connectivity index (χ1v) is 7.55. The number of benzene rings is 1. The number of aliphatic hydroxyl groups is 1. The first kappa shape index (κ1) is 15.0. The molecule has 1 aromatic heterocycles. The summed E-state index contributed by atoms with van der Waals surface area (Å²) >= 11 is 0. The lowest BCUT2D eigenvalue weighted by Crippen LogP contribution is -2.28. The summed E-state index contributed by atoms with van der Waals surface area (Å²) in [6, 6.07) is 7.71. The van der Waals surface area contributed by atoms with E-state index in [0.29, 0.717) is 13.0 Å². The molecule has 6 nitrogen and oxygen atoms in total. The second-order valence-corrected chi connectivity index (χ2v) is 5.89. The molecule has 3 rings (SSSR count). The first-order chi connectivity index (χ1) is 10.6. The number of methoxy groups -OCH3 is 1.